The van der Waals surface area contributed by atoms with Crippen LogP contribution in [-0.4, -0.2) is 25.0 Å². The van der Waals surface area contributed by atoms with Crippen LogP contribution in [0.1, 0.15) is 10.4 Å². The molecule has 5 nitrogen and oxygen atoms in total. The molecule has 0 aliphatic rings. The Hall–Kier alpha value is -3.17. The molecule has 2 amide bonds. The molecule has 26 heavy (non-hydrogen) atoms. The van der Waals surface area contributed by atoms with E-state index in [1.165, 1.54) is 18.2 Å². The lowest BCUT2D eigenvalue weighted by molar-refractivity contribution is -0.115. The topological polar surface area (TPSA) is 67.4 Å². The third-order valence-electron chi connectivity index (χ3n) is 3.04. The molecule has 0 saturated carbocycles. The van der Waals surface area contributed by atoms with Gasteiger partial charge < -0.3 is 15.4 Å². The number of nitrogens with one attached hydrogen (secondary N) is 2. The predicted molar refractivity (Wildman–Crippen MR) is 80.4 cm³/mol. The first-order chi connectivity index (χ1) is 12.3. The summed E-state index contributed by atoms with van der Waals surface area (Å²) in [5.41, 5.74) is -0.662. The first-order valence-electron chi connectivity index (χ1n) is 7.04. The Labute approximate surface area is 143 Å². The van der Waals surface area contributed by atoms with Crippen molar-refractivity contribution in [3.8, 4) is 5.75 Å². The number of benzene rings is 2. The number of ether oxygens (including phenoxy) is 1. The first-order valence-corrected chi connectivity index (χ1v) is 7.04. The van der Waals surface area contributed by atoms with Crippen molar-refractivity contribution in [1.29, 1.82) is 0 Å². The third-order valence-corrected chi connectivity index (χ3v) is 3.04. The fraction of sp³-hybridized carbons (Fsp3) is 0.125. The summed E-state index contributed by atoms with van der Waals surface area (Å²) >= 11 is 0. The van der Waals surface area contributed by atoms with Crippen LogP contribution >= 0.6 is 0 Å². The molecule has 0 aromatic heterocycles. The van der Waals surface area contributed by atoms with Gasteiger partial charge in [-0.25, -0.2) is 13.2 Å². The van der Waals surface area contributed by atoms with E-state index in [1.54, 1.807) is 0 Å². The van der Waals surface area contributed by atoms with E-state index in [4.69, 9.17) is 0 Å². The van der Waals surface area contributed by atoms with Crippen molar-refractivity contribution in [3.63, 3.8) is 0 Å². The maximum Gasteiger partial charge on any atom is 0.387 e. The zero-order valence-electron chi connectivity index (χ0n) is 12.9. The van der Waals surface area contributed by atoms with Gasteiger partial charge in [-0.1, -0.05) is 6.07 Å². The first kappa shape index (κ1) is 19.2. The number of alkyl halides is 2. The fourth-order valence-electron chi connectivity index (χ4n) is 1.89. The highest BCUT2D eigenvalue weighted by molar-refractivity contribution is 5.99. The minimum absolute atomic E-state index is 0.0602. The van der Waals surface area contributed by atoms with E-state index < -0.39 is 48.1 Å². The molecule has 2 aromatic carbocycles. The minimum atomic E-state index is -3.06. The van der Waals surface area contributed by atoms with Crippen LogP contribution in [0.2, 0.25) is 0 Å². The highest BCUT2D eigenvalue weighted by Crippen LogP contribution is 2.19. The minimum Gasteiger partial charge on any atom is -0.435 e. The molecule has 0 radical (unpaired) electrons. The van der Waals surface area contributed by atoms with Crippen molar-refractivity contribution >= 4 is 17.5 Å². The van der Waals surface area contributed by atoms with Crippen molar-refractivity contribution in [1.82, 2.24) is 5.32 Å². The van der Waals surface area contributed by atoms with Gasteiger partial charge in [0.1, 0.15) is 5.75 Å². The van der Waals surface area contributed by atoms with E-state index in [0.29, 0.717) is 6.07 Å². The van der Waals surface area contributed by atoms with E-state index in [0.717, 1.165) is 12.1 Å². The summed E-state index contributed by atoms with van der Waals surface area (Å²) in [5, 5.41) is 4.12. The lowest BCUT2D eigenvalue weighted by Crippen LogP contribution is -2.33. The lowest BCUT2D eigenvalue weighted by Gasteiger charge is -2.09. The van der Waals surface area contributed by atoms with Crippen molar-refractivity contribution in [2.75, 3.05) is 11.9 Å². The van der Waals surface area contributed by atoms with E-state index in [2.05, 4.69) is 10.1 Å². The standard InChI is InChI=1S/C16H11F5N2O3/c17-10-4-5-11(14(19)13(10)18)23-12(24)7-22-15(25)8-2-1-3-9(6-8)26-16(20)21/h1-6,16H,7H2,(H,22,25)(H,23,24). The van der Waals surface area contributed by atoms with Gasteiger partial charge in [-0.3, -0.25) is 9.59 Å². The Balaban J connectivity index is 1.95. The smallest absolute Gasteiger partial charge is 0.387 e. The fourth-order valence-corrected chi connectivity index (χ4v) is 1.89. The predicted octanol–water partition coefficient (Wildman–Crippen LogP) is 3.07. The molecule has 10 heteroatoms. The molecule has 2 N–H and O–H groups in total. The zero-order chi connectivity index (χ0) is 19.3. The third kappa shape index (κ3) is 4.91. The van der Waals surface area contributed by atoms with Crippen molar-refractivity contribution in [2.24, 2.45) is 0 Å². The summed E-state index contributed by atoms with van der Waals surface area (Å²) in [6.07, 6.45) is 0. The molecule has 2 rings (SSSR count). The molecule has 0 spiro atoms. The molecule has 0 atom stereocenters. The van der Waals surface area contributed by atoms with Gasteiger partial charge in [0.05, 0.1) is 12.2 Å². The molecule has 0 aliphatic heterocycles. The molecule has 0 bridgehead atoms. The van der Waals surface area contributed by atoms with Crippen molar-refractivity contribution < 1.29 is 36.3 Å². The molecule has 138 valence electrons. The van der Waals surface area contributed by atoms with Gasteiger partial charge in [-0.15, -0.1) is 0 Å². The van der Waals surface area contributed by atoms with Crippen molar-refractivity contribution in [2.45, 2.75) is 6.61 Å². The molecule has 0 fully saturated rings. The number of carbonyl (C=O) groups is 2. The monoisotopic (exact) mass is 374 g/mol. The van der Waals surface area contributed by atoms with Crippen LogP contribution in [0.3, 0.4) is 0 Å². The zero-order valence-corrected chi connectivity index (χ0v) is 12.9. The van der Waals surface area contributed by atoms with Crippen LogP contribution in [0.25, 0.3) is 0 Å². The van der Waals surface area contributed by atoms with E-state index in [-0.39, 0.29) is 11.3 Å². The van der Waals surface area contributed by atoms with Gasteiger partial charge in [0.2, 0.25) is 5.91 Å². The SMILES string of the molecule is O=C(CNC(=O)c1cccc(OC(F)F)c1)Nc1ccc(F)c(F)c1F. The van der Waals surface area contributed by atoms with Crippen LogP contribution in [0, 0.1) is 17.5 Å². The highest BCUT2D eigenvalue weighted by Gasteiger charge is 2.16. The number of rotatable bonds is 6. The van der Waals surface area contributed by atoms with E-state index in [9.17, 15) is 31.5 Å². The summed E-state index contributed by atoms with van der Waals surface area (Å²) in [4.78, 5) is 23.6. The Kier molecular flexibility index (Phi) is 6.10. The maximum atomic E-state index is 13.4. The molecule has 0 saturated heterocycles. The highest BCUT2D eigenvalue weighted by atomic mass is 19.3. The van der Waals surface area contributed by atoms with Gasteiger partial charge >= 0.3 is 6.61 Å². The van der Waals surface area contributed by atoms with E-state index >= 15 is 0 Å². The number of amides is 2. The second-order valence-corrected chi connectivity index (χ2v) is 4.86. The van der Waals surface area contributed by atoms with Crippen LogP contribution in [0.5, 0.6) is 5.75 Å². The van der Waals surface area contributed by atoms with Crippen molar-refractivity contribution in [3.05, 3.63) is 59.4 Å². The summed E-state index contributed by atoms with van der Waals surface area (Å²) in [6, 6.07) is 6.28. The maximum absolute atomic E-state index is 13.4. The number of anilines is 1. The molecule has 0 heterocycles. The van der Waals surface area contributed by atoms with Crippen LogP contribution in [-0.2, 0) is 4.79 Å². The largest absolute Gasteiger partial charge is 0.435 e. The lowest BCUT2D eigenvalue weighted by atomic mass is 10.2. The quantitative estimate of drug-likeness (QED) is 0.603. The van der Waals surface area contributed by atoms with Crippen LogP contribution < -0.4 is 15.4 Å². The Morgan fingerprint density at radius 3 is 2.46 bits per heavy atom. The second-order valence-electron chi connectivity index (χ2n) is 4.86. The summed E-state index contributed by atoms with van der Waals surface area (Å²) < 4.78 is 67.8. The van der Waals surface area contributed by atoms with Crippen LogP contribution in [0.15, 0.2) is 36.4 Å². The van der Waals surface area contributed by atoms with Gasteiger partial charge in [0.25, 0.3) is 5.91 Å². The van der Waals surface area contributed by atoms with Gasteiger partial charge in [0.15, 0.2) is 17.5 Å². The molecule has 0 aliphatic carbocycles. The van der Waals surface area contributed by atoms with E-state index in [1.807, 2.05) is 5.32 Å². The summed E-state index contributed by atoms with van der Waals surface area (Å²) in [5.74, 6) is -6.70. The Morgan fingerprint density at radius 1 is 1.04 bits per heavy atom. The number of hydrogen-bond donors (Lipinski definition) is 2. The molecular weight excluding hydrogens is 363 g/mol. The Morgan fingerprint density at radius 2 is 1.77 bits per heavy atom. The average molecular weight is 374 g/mol. The van der Waals surface area contributed by atoms with Gasteiger partial charge in [-0.2, -0.15) is 8.78 Å². The Bertz CT molecular complexity index is 830. The summed E-state index contributed by atoms with van der Waals surface area (Å²) in [6.45, 7) is -3.69. The van der Waals surface area contributed by atoms with Gasteiger partial charge in [-0.05, 0) is 30.3 Å². The summed E-state index contributed by atoms with van der Waals surface area (Å²) in [7, 11) is 0. The molecule has 2 aromatic rings. The number of halogens is 5. The normalized spacial score (nSPS) is 10.5. The number of hydrogen-bond acceptors (Lipinski definition) is 3. The average Bonchev–Trinajstić information content (AvgIpc) is 2.60. The molecular formula is C16H11F5N2O3. The van der Waals surface area contributed by atoms with Crippen LogP contribution in [0.4, 0.5) is 27.6 Å². The number of carbonyl (C=O) groups excluding carboxylic acids is 2. The van der Waals surface area contributed by atoms with Gasteiger partial charge in [0, 0.05) is 5.56 Å². The second kappa shape index (κ2) is 8.28. The molecule has 0 unspecified atom stereocenters.